The van der Waals surface area contributed by atoms with Gasteiger partial charge in [-0.05, 0) is 18.6 Å². The molecule has 0 aliphatic carbocycles. The molecular formula is C13H15N5O3. The summed E-state index contributed by atoms with van der Waals surface area (Å²) in [7, 11) is 1.47. The molecule has 110 valence electrons. The smallest absolute Gasteiger partial charge is 0.326 e. The molecule has 1 unspecified atom stereocenters. The van der Waals surface area contributed by atoms with Gasteiger partial charge in [0.15, 0.2) is 5.82 Å². The van der Waals surface area contributed by atoms with Crippen molar-refractivity contribution in [3.8, 4) is 5.82 Å². The lowest BCUT2D eigenvalue weighted by Gasteiger charge is -2.23. The maximum Gasteiger partial charge on any atom is 0.326 e. The van der Waals surface area contributed by atoms with E-state index in [1.54, 1.807) is 19.1 Å². The largest absolute Gasteiger partial charge is 0.480 e. The summed E-state index contributed by atoms with van der Waals surface area (Å²) in [6, 6.07) is 2.35. The van der Waals surface area contributed by atoms with Crippen molar-refractivity contribution in [1.29, 1.82) is 0 Å². The molecule has 1 atom stereocenters. The van der Waals surface area contributed by atoms with Gasteiger partial charge in [0.1, 0.15) is 18.7 Å². The lowest BCUT2D eigenvalue weighted by Crippen LogP contribution is -2.42. The maximum absolute atomic E-state index is 12.2. The van der Waals surface area contributed by atoms with Gasteiger partial charge in [0.25, 0.3) is 5.91 Å². The Morgan fingerprint density at radius 3 is 2.67 bits per heavy atom. The zero-order valence-electron chi connectivity index (χ0n) is 11.7. The fraction of sp³-hybridized carbons (Fsp3) is 0.308. The molecule has 0 radical (unpaired) electrons. The summed E-state index contributed by atoms with van der Waals surface area (Å²) in [4.78, 5) is 32.5. The number of carboxylic acid groups (broad SMARTS) is 1. The minimum absolute atomic E-state index is 0.320. The Kier molecular flexibility index (Phi) is 4.27. The van der Waals surface area contributed by atoms with E-state index in [0.717, 1.165) is 0 Å². The molecule has 0 aromatic carbocycles. The van der Waals surface area contributed by atoms with Crippen LogP contribution in [0.1, 0.15) is 23.7 Å². The number of aliphatic carboxylic acids is 1. The van der Waals surface area contributed by atoms with Crippen molar-refractivity contribution in [2.45, 2.75) is 19.4 Å². The zero-order chi connectivity index (χ0) is 15.4. The molecule has 8 heteroatoms. The quantitative estimate of drug-likeness (QED) is 0.864. The minimum Gasteiger partial charge on any atom is -0.480 e. The molecule has 2 heterocycles. The predicted octanol–water partition coefficient (Wildman–Crippen LogP) is 0.597. The summed E-state index contributed by atoms with van der Waals surface area (Å²) in [5.74, 6) is -0.889. The zero-order valence-corrected chi connectivity index (χ0v) is 11.7. The van der Waals surface area contributed by atoms with Crippen molar-refractivity contribution in [1.82, 2.24) is 24.6 Å². The van der Waals surface area contributed by atoms with Crippen LogP contribution in [-0.2, 0) is 4.79 Å². The van der Waals surface area contributed by atoms with Crippen LogP contribution < -0.4 is 0 Å². The van der Waals surface area contributed by atoms with Crippen LogP contribution in [-0.4, -0.2) is 54.7 Å². The van der Waals surface area contributed by atoms with Crippen LogP contribution in [0.4, 0.5) is 0 Å². The molecule has 0 fully saturated rings. The number of aromatic nitrogens is 4. The first-order valence-corrected chi connectivity index (χ1v) is 6.35. The van der Waals surface area contributed by atoms with Crippen molar-refractivity contribution >= 4 is 11.9 Å². The monoisotopic (exact) mass is 289 g/mol. The third-order valence-electron chi connectivity index (χ3n) is 3.11. The molecule has 0 saturated heterocycles. The van der Waals surface area contributed by atoms with Gasteiger partial charge in [-0.1, -0.05) is 6.92 Å². The summed E-state index contributed by atoms with van der Waals surface area (Å²) in [5.41, 5.74) is 0.320. The van der Waals surface area contributed by atoms with Crippen molar-refractivity contribution in [3.63, 3.8) is 0 Å². The van der Waals surface area contributed by atoms with Gasteiger partial charge < -0.3 is 10.0 Å². The molecular weight excluding hydrogens is 274 g/mol. The van der Waals surface area contributed by atoms with E-state index in [0.29, 0.717) is 17.8 Å². The number of nitrogens with zero attached hydrogens (tertiary/aromatic N) is 5. The normalized spacial score (nSPS) is 11.9. The molecule has 21 heavy (non-hydrogen) atoms. The van der Waals surface area contributed by atoms with Crippen LogP contribution in [0.15, 0.2) is 31.0 Å². The van der Waals surface area contributed by atoms with E-state index in [2.05, 4.69) is 15.1 Å². The summed E-state index contributed by atoms with van der Waals surface area (Å²) < 4.78 is 1.46. The molecule has 0 spiro atoms. The summed E-state index contributed by atoms with van der Waals surface area (Å²) >= 11 is 0. The van der Waals surface area contributed by atoms with Crippen molar-refractivity contribution in [2.24, 2.45) is 0 Å². The Balaban J connectivity index is 2.18. The Bertz CT molecular complexity index is 624. The molecule has 1 N–H and O–H groups in total. The van der Waals surface area contributed by atoms with Gasteiger partial charge in [0, 0.05) is 13.2 Å². The number of hydrogen-bond acceptors (Lipinski definition) is 5. The van der Waals surface area contributed by atoms with Gasteiger partial charge in [0.05, 0.1) is 5.56 Å². The van der Waals surface area contributed by atoms with E-state index in [1.165, 1.54) is 35.5 Å². The van der Waals surface area contributed by atoms with Gasteiger partial charge in [-0.3, -0.25) is 4.79 Å². The fourth-order valence-corrected chi connectivity index (χ4v) is 1.93. The lowest BCUT2D eigenvalue weighted by atomic mass is 10.1. The number of pyridine rings is 1. The molecule has 0 bridgehead atoms. The number of amides is 1. The fourth-order valence-electron chi connectivity index (χ4n) is 1.93. The third-order valence-corrected chi connectivity index (χ3v) is 3.11. The molecule has 2 aromatic rings. The number of carboxylic acids is 1. The Morgan fingerprint density at radius 2 is 2.19 bits per heavy atom. The van der Waals surface area contributed by atoms with E-state index in [-0.39, 0.29) is 5.91 Å². The lowest BCUT2D eigenvalue weighted by molar-refractivity contribution is -0.142. The molecule has 0 aliphatic rings. The minimum atomic E-state index is -1.03. The number of rotatable bonds is 5. The SMILES string of the molecule is CCC(C(=O)O)N(C)C(=O)c1ccc(-n2cncn2)nc1. The average Bonchev–Trinajstić information content (AvgIpc) is 3.01. The number of hydrogen-bond donors (Lipinski definition) is 1. The number of carbonyl (C=O) groups excluding carboxylic acids is 1. The highest BCUT2D eigenvalue weighted by Crippen LogP contribution is 2.10. The van der Waals surface area contributed by atoms with Gasteiger partial charge in [-0.25, -0.2) is 19.4 Å². The first-order valence-electron chi connectivity index (χ1n) is 6.35. The molecule has 0 aliphatic heterocycles. The highest BCUT2D eigenvalue weighted by atomic mass is 16.4. The topological polar surface area (TPSA) is 101 Å². The Hall–Kier alpha value is -2.77. The van der Waals surface area contributed by atoms with E-state index in [9.17, 15) is 9.59 Å². The predicted molar refractivity (Wildman–Crippen MR) is 73.0 cm³/mol. The van der Waals surface area contributed by atoms with Crippen LogP contribution >= 0.6 is 0 Å². The molecule has 8 nitrogen and oxygen atoms in total. The van der Waals surface area contributed by atoms with Crippen LogP contribution in [0.2, 0.25) is 0 Å². The summed E-state index contributed by atoms with van der Waals surface area (Å²) in [5, 5.41) is 13.0. The first kappa shape index (κ1) is 14.6. The second-order valence-electron chi connectivity index (χ2n) is 4.42. The summed E-state index contributed by atoms with van der Waals surface area (Å²) in [6.07, 6.45) is 4.60. The maximum atomic E-state index is 12.2. The molecule has 2 rings (SSSR count). The highest BCUT2D eigenvalue weighted by Gasteiger charge is 2.25. The molecule has 2 aromatic heterocycles. The van der Waals surface area contributed by atoms with Crippen molar-refractivity contribution in [3.05, 3.63) is 36.5 Å². The van der Waals surface area contributed by atoms with Gasteiger partial charge in [-0.15, -0.1) is 0 Å². The van der Waals surface area contributed by atoms with E-state index in [4.69, 9.17) is 5.11 Å². The standard InChI is InChI=1S/C13H15N5O3/c1-3-10(13(20)21)17(2)12(19)9-4-5-11(15-6-9)18-8-14-7-16-18/h4-8,10H,3H2,1-2H3,(H,20,21). The third kappa shape index (κ3) is 3.04. The van der Waals surface area contributed by atoms with Crippen LogP contribution in [0.3, 0.4) is 0 Å². The second-order valence-corrected chi connectivity index (χ2v) is 4.42. The summed E-state index contributed by atoms with van der Waals surface area (Å²) in [6.45, 7) is 1.72. The first-order chi connectivity index (χ1) is 10.0. The number of carbonyl (C=O) groups is 2. The van der Waals surface area contributed by atoms with Gasteiger partial charge >= 0.3 is 5.97 Å². The van der Waals surface area contributed by atoms with Crippen LogP contribution in [0.5, 0.6) is 0 Å². The second kappa shape index (κ2) is 6.12. The van der Waals surface area contributed by atoms with Crippen molar-refractivity contribution < 1.29 is 14.7 Å². The van der Waals surface area contributed by atoms with E-state index in [1.807, 2.05) is 0 Å². The molecule has 0 saturated carbocycles. The van der Waals surface area contributed by atoms with Gasteiger partial charge in [-0.2, -0.15) is 5.10 Å². The van der Waals surface area contributed by atoms with E-state index < -0.39 is 12.0 Å². The van der Waals surface area contributed by atoms with E-state index >= 15 is 0 Å². The Labute approximate surface area is 121 Å². The van der Waals surface area contributed by atoms with Crippen LogP contribution in [0.25, 0.3) is 5.82 Å². The van der Waals surface area contributed by atoms with Gasteiger partial charge in [0.2, 0.25) is 0 Å². The number of likely N-dealkylation sites (N-methyl/N-ethyl adjacent to an activating group) is 1. The van der Waals surface area contributed by atoms with Crippen LogP contribution in [0, 0.1) is 0 Å². The highest BCUT2D eigenvalue weighted by molar-refractivity contribution is 5.96. The Morgan fingerprint density at radius 1 is 1.43 bits per heavy atom. The average molecular weight is 289 g/mol. The molecule has 1 amide bonds. The van der Waals surface area contributed by atoms with Crippen molar-refractivity contribution in [2.75, 3.05) is 7.05 Å².